The number of ether oxygens (including phenoxy) is 4. The molecule has 0 spiro atoms. The molecular weight excluding hydrogens is 1430 g/mol. The number of phosphoric acid groups is 2. The van der Waals surface area contributed by atoms with Gasteiger partial charge in [-0.05, 0) is 43.4 Å². The lowest BCUT2D eigenvalue weighted by Crippen LogP contribution is -2.30. The number of carbonyl (C=O) groups is 4. The van der Waals surface area contributed by atoms with Crippen LogP contribution in [0.3, 0.4) is 0 Å². The summed E-state index contributed by atoms with van der Waals surface area (Å²) in [5.41, 5.74) is 0. The Kier molecular flexibility index (Phi) is 79.4. The number of hydrogen-bond acceptors (Lipinski definition) is 15. The molecule has 0 saturated heterocycles. The summed E-state index contributed by atoms with van der Waals surface area (Å²) < 4.78 is 69.0. The summed E-state index contributed by atoms with van der Waals surface area (Å²) in [7, 11) is -9.94. The van der Waals surface area contributed by atoms with Crippen LogP contribution in [0.1, 0.15) is 485 Å². The number of aliphatic hydroxyl groups excluding tert-OH is 1. The van der Waals surface area contributed by atoms with Crippen molar-refractivity contribution in [2.75, 3.05) is 39.6 Å². The number of unbranched alkanes of at least 4 members (excludes halogenated alkanes) is 55. The number of aliphatic hydroxyl groups is 1. The molecule has 4 unspecified atom stereocenters. The van der Waals surface area contributed by atoms with Crippen LogP contribution in [0.2, 0.25) is 0 Å². The summed E-state index contributed by atoms with van der Waals surface area (Å²) in [5.74, 6) is 0.296. The number of esters is 4. The lowest BCUT2D eigenvalue weighted by atomic mass is 9.99. The van der Waals surface area contributed by atoms with E-state index >= 15 is 0 Å². The van der Waals surface area contributed by atoms with Gasteiger partial charge in [0.25, 0.3) is 0 Å². The molecule has 110 heavy (non-hydrogen) atoms. The van der Waals surface area contributed by atoms with Gasteiger partial charge < -0.3 is 33.8 Å². The summed E-state index contributed by atoms with van der Waals surface area (Å²) in [4.78, 5) is 73.4. The zero-order chi connectivity index (χ0) is 80.8. The van der Waals surface area contributed by atoms with Gasteiger partial charge in [0.2, 0.25) is 0 Å². The van der Waals surface area contributed by atoms with E-state index < -0.39 is 97.5 Å². The van der Waals surface area contributed by atoms with Crippen LogP contribution in [0.5, 0.6) is 0 Å². The third-order valence-corrected chi connectivity index (χ3v) is 24.0. The molecule has 3 N–H and O–H groups in total. The van der Waals surface area contributed by atoms with Gasteiger partial charge in [0.1, 0.15) is 19.3 Å². The molecule has 19 heteroatoms. The van der Waals surface area contributed by atoms with Gasteiger partial charge in [0.05, 0.1) is 26.4 Å². The van der Waals surface area contributed by atoms with E-state index in [2.05, 4.69) is 48.5 Å². The van der Waals surface area contributed by atoms with Crippen LogP contribution < -0.4 is 0 Å². The van der Waals surface area contributed by atoms with Crippen molar-refractivity contribution in [3.63, 3.8) is 0 Å². The Labute approximate surface area is 677 Å². The molecular formula is C91H178O17P2. The maximum atomic E-state index is 13.2. The second-order valence-electron chi connectivity index (χ2n) is 33.7. The zero-order valence-corrected chi connectivity index (χ0v) is 74.5. The summed E-state index contributed by atoms with van der Waals surface area (Å²) in [6.45, 7) is 12.1. The van der Waals surface area contributed by atoms with Crippen LogP contribution in [-0.2, 0) is 65.4 Å². The molecule has 0 heterocycles. The van der Waals surface area contributed by atoms with Gasteiger partial charge in [-0.1, -0.05) is 434 Å². The van der Waals surface area contributed by atoms with E-state index in [0.29, 0.717) is 25.7 Å². The minimum atomic E-state index is -4.97. The van der Waals surface area contributed by atoms with Crippen molar-refractivity contribution in [2.24, 2.45) is 17.8 Å². The van der Waals surface area contributed by atoms with E-state index in [1.807, 2.05) is 0 Å². The van der Waals surface area contributed by atoms with E-state index in [9.17, 15) is 43.2 Å². The predicted molar refractivity (Wildman–Crippen MR) is 455 cm³/mol. The lowest BCUT2D eigenvalue weighted by molar-refractivity contribution is -0.161. The molecule has 654 valence electrons. The lowest BCUT2D eigenvalue weighted by Gasteiger charge is -2.21. The molecule has 0 rings (SSSR count). The molecule has 0 aliphatic heterocycles. The molecule has 0 radical (unpaired) electrons. The first-order valence-corrected chi connectivity index (χ1v) is 49.9. The topological polar surface area (TPSA) is 237 Å². The normalized spacial score (nSPS) is 14.3. The van der Waals surface area contributed by atoms with Crippen LogP contribution in [-0.4, -0.2) is 96.7 Å². The molecule has 0 saturated carbocycles. The van der Waals surface area contributed by atoms with Crippen molar-refractivity contribution in [3.05, 3.63) is 0 Å². The number of rotatable bonds is 89. The SMILES string of the molecule is CCCCCCCCCCCCCCCCCCCCCCCC(=O)OC[C@H](COP(=O)(O)OC[C@@H](O)COP(=O)(O)OC[C@@H](COC(=O)CCCCCCCCC(C)CC)OC(=O)CCCCCCCCCCCCCCCCC(C)C)OC(=O)CCCCCCCCCCCCCCCCCCCCC(C)CC. The average Bonchev–Trinajstić information content (AvgIpc) is 0.900. The minimum Gasteiger partial charge on any atom is -0.462 e. The van der Waals surface area contributed by atoms with Crippen LogP contribution >= 0.6 is 15.6 Å². The third kappa shape index (κ3) is 81.2. The quantitative estimate of drug-likeness (QED) is 0.0222. The summed E-state index contributed by atoms with van der Waals surface area (Å²) in [6.07, 6.45) is 73.8. The Morgan fingerprint density at radius 1 is 0.264 bits per heavy atom. The van der Waals surface area contributed by atoms with Crippen LogP contribution in [0.25, 0.3) is 0 Å². The van der Waals surface area contributed by atoms with Gasteiger partial charge in [-0.25, -0.2) is 9.13 Å². The van der Waals surface area contributed by atoms with Crippen LogP contribution in [0, 0.1) is 17.8 Å². The second kappa shape index (κ2) is 80.8. The van der Waals surface area contributed by atoms with Crippen LogP contribution in [0.4, 0.5) is 0 Å². The first-order valence-electron chi connectivity index (χ1n) is 46.9. The summed E-state index contributed by atoms with van der Waals surface area (Å²) >= 11 is 0. The Hall–Kier alpha value is -1.94. The second-order valence-corrected chi connectivity index (χ2v) is 36.6. The highest BCUT2D eigenvalue weighted by atomic mass is 31.2. The predicted octanol–water partition coefficient (Wildman–Crippen LogP) is 28.0. The highest BCUT2D eigenvalue weighted by molar-refractivity contribution is 7.47. The Balaban J connectivity index is 5.22. The highest BCUT2D eigenvalue weighted by Gasteiger charge is 2.31. The molecule has 0 aromatic heterocycles. The summed E-state index contributed by atoms with van der Waals surface area (Å²) in [6, 6.07) is 0. The molecule has 7 atom stereocenters. The zero-order valence-electron chi connectivity index (χ0n) is 72.7. The average molecular weight is 1610 g/mol. The Morgan fingerprint density at radius 2 is 0.464 bits per heavy atom. The Bertz CT molecular complexity index is 2120. The molecule has 17 nitrogen and oxygen atoms in total. The van der Waals surface area contributed by atoms with Gasteiger partial charge in [0, 0.05) is 25.7 Å². The first kappa shape index (κ1) is 108. The Morgan fingerprint density at radius 3 is 0.691 bits per heavy atom. The molecule has 0 amide bonds. The molecule has 0 fully saturated rings. The first-order chi connectivity index (χ1) is 53.3. The molecule has 0 bridgehead atoms. The number of carbonyl (C=O) groups excluding carboxylic acids is 4. The van der Waals surface area contributed by atoms with Crippen molar-refractivity contribution in [2.45, 2.75) is 503 Å². The minimum absolute atomic E-state index is 0.107. The van der Waals surface area contributed by atoms with Gasteiger partial charge in [0.15, 0.2) is 12.2 Å². The van der Waals surface area contributed by atoms with Gasteiger partial charge in [-0.15, -0.1) is 0 Å². The van der Waals surface area contributed by atoms with E-state index in [1.54, 1.807) is 0 Å². The van der Waals surface area contributed by atoms with Crippen molar-refractivity contribution >= 4 is 39.5 Å². The molecule has 0 aromatic carbocycles. The van der Waals surface area contributed by atoms with E-state index in [4.69, 9.17) is 37.0 Å². The fraction of sp³-hybridized carbons (Fsp3) is 0.956. The monoisotopic (exact) mass is 1610 g/mol. The third-order valence-electron chi connectivity index (χ3n) is 22.1. The standard InChI is InChI=1S/C91H178O17P2/c1-8-11-12-13-14-15-16-17-18-19-20-21-22-26-29-35-40-45-50-58-65-72-88(93)101-78-86(107-90(95)74-67-60-51-46-41-36-30-27-24-23-25-28-34-39-44-49-56-63-70-83(6)9-2)80-105-109(97,98)103-76-85(92)77-104-110(99,100)106-81-87(79-102-89(94)73-66-59-54-53-57-64-71-84(7)10-3)108-91(96)75-68-61-52-47-42-37-32-31-33-38-43-48-55-62-69-82(4)5/h82-87,92H,8-81H2,1-7H3,(H,97,98)(H,99,100)/t83?,84?,85-,86-,87-/m1/s1. The fourth-order valence-corrected chi connectivity index (χ4v) is 15.8. The van der Waals surface area contributed by atoms with Crippen molar-refractivity contribution in [1.82, 2.24) is 0 Å². The number of phosphoric ester groups is 2. The van der Waals surface area contributed by atoms with Gasteiger partial charge in [-0.3, -0.25) is 37.3 Å². The van der Waals surface area contributed by atoms with Gasteiger partial charge in [-0.2, -0.15) is 0 Å². The fourth-order valence-electron chi connectivity index (χ4n) is 14.2. The maximum absolute atomic E-state index is 13.2. The van der Waals surface area contributed by atoms with E-state index in [-0.39, 0.29) is 25.7 Å². The smallest absolute Gasteiger partial charge is 0.462 e. The van der Waals surface area contributed by atoms with Crippen molar-refractivity contribution in [3.8, 4) is 0 Å². The largest absolute Gasteiger partial charge is 0.472 e. The van der Waals surface area contributed by atoms with E-state index in [1.165, 1.54) is 289 Å². The number of hydrogen-bond donors (Lipinski definition) is 3. The molecule has 0 aliphatic rings. The van der Waals surface area contributed by atoms with Gasteiger partial charge >= 0.3 is 39.5 Å². The van der Waals surface area contributed by atoms with Crippen molar-refractivity contribution in [1.29, 1.82) is 0 Å². The van der Waals surface area contributed by atoms with Crippen LogP contribution in [0.15, 0.2) is 0 Å². The van der Waals surface area contributed by atoms with E-state index in [0.717, 1.165) is 114 Å². The molecule has 0 aromatic rings. The van der Waals surface area contributed by atoms with Crippen molar-refractivity contribution < 1.29 is 80.2 Å². The highest BCUT2D eigenvalue weighted by Crippen LogP contribution is 2.45. The summed E-state index contributed by atoms with van der Waals surface area (Å²) in [5, 5.41) is 10.7. The molecule has 0 aliphatic carbocycles. The maximum Gasteiger partial charge on any atom is 0.472 e.